The highest BCUT2D eigenvalue weighted by Gasteiger charge is 2.27. The molecule has 0 bridgehead atoms. The van der Waals surface area contributed by atoms with Gasteiger partial charge in [0.05, 0.1) is 0 Å². The molecule has 1 aliphatic rings. The van der Waals surface area contributed by atoms with Gasteiger partial charge >= 0.3 is 0 Å². The van der Waals surface area contributed by atoms with Crippen LogP contribution in [0.1, 0.15) is 58.6 Å². The Kier molecular flexibility index (Phi) is 5.32. The third-order valence-electron chi connectivity index (χ3n) is 5.14. The van der Waals surface area contributed by atoms with E-state index in [9.17, 15) is 0 Å². The van der Waals surface area contributed by atoms with Crippen molar-refractivity contribution in [3.05, 3.63) is 29.8 Å². The standard InChI is InChI=1S/C19H32N2/c1-15(20-5)16-8-10-18(11-9-16)21-13-6-7-17(12-14-21)19(2,3)4/h8-11,15,17,20H,6-7,12-14H2,1-5H3. The van der Waals surface area contributed by atoms with Gasteiger partial charge in [0.25, 0.3) is 0 Å². The third-order valence-corrected chi connectivity index (χ3v) is 5.14. The molecule has 1 aromatic rings. The van der Waals surface area contributed by atoms with Crippen LogP contribution in [0.5, 0.6) is 0 Å². The normalized spacial score (nSPS) is 22.0. The minimum absolute atomic E-state index is 0.424. The number of rotatable bonds is 3. The van der Waals surface area contributed by atoms with Crippen LogP contribution < -0.4 is 10.2 Å². The average Bonchev–Trinajstić information content (AvgIpc) is 2.72. The Morgan fingerprint density at radius 1 is 1.10 bits per heavy atom. The van der Waals surface area contributed by atoms with Crippen LogP contribution in [0.4, 0.5) is 5.69 Å². The highest BCUT2D eigenvalue weighted by molar-refractivity contribution is 5.48. The van der Waals surface area contributed by atoms with E-state index < -0.39 is 0 Å². The van der Waals surface area contributed by atoms with Crippen molar-refractivity contribution in [2.75, 3.05) is 25.0 Å². The predicted octanol–water partition coefficient (Wildman–Crippen LogP) is 4.62. The molecule has 2 atom stereocenters. The van der Waals surface area contributed by atoms with Crippen molar-refractivity contribution in [2.24, 2.45) is 11.3 Å². The molecule has 0 radical (unpaired) electrons. The van der Waals surface area contributed by atoms with Crippen LogP contribution >= 0.6 is 0 Å². The van der Waals surface area contributed by atoms with E-state index in [0.29, 0.717) is 11.5 Å². The number of hydrogen-bond donors (Lipinski definition) is 1. The molecule has 0 amide bonds. The SMILES string of the molecule is CNC(C)c1ccc(N2CCCC(C(C)(C)C)CC2)cc1. The molecule has 1 fully saturated rings. The van der Waals surface area contributed by atoms with Crippen LogP contribution in [-0.2, 0) is 0 Å². The van der Waals surface area contributed by atoms with Crippen molar-refractivity contribution in [3.63, 3.8) is 0 Å². The van der Waals surface area contributed by atoms with Crippen molar-refractivity contribution >= 4 is 5.69 Å². The summed E-state index contributed by atoms with van der Waals surface area (Å²) in [4.78, 5) is 2.57. The number of benzene rings is 1. The van der Waals surface area contributed by atoms with Gasteiger partial charge in [0, 0.05) is 24.8 Å². The molecule has 1 aromatic carbocycles. The number of anilines is 1. The van der Waals surface area contributed by atoms with E-state index in [1.165, 1.54) is 43.6 Å². The quantitative estimate of drug-likeness (QED) is 0.873. The predicted molar refractivity (Wildman–Crippen MR) is 92.9 cm³/mol. The highest BCUT2D eigenvalue weighted by atomic mass is 15.1. The Labute approximate surface area is 130 Å². The minimum Gasteiger partial charge on any atom is -0.372 e. The molecule has 1 saturated heterocycles. The molecule has 2 heteroatoms. The first-order valence-electron chi connectivity index (χ1n) is 8.44. The molecule has 1 heterocycles. The average molecular weight is 288 g/mol. The van der Waals surface area contributed by atoms with E-state index in [1.54, 1.807) is 0 Å². The van der Waals surface area contributed by atoms with E-state index in [-0.39, 0.29) is 0 Å². The van der Waals surface area contributed by atoms with Crippen molar-refractivity contribution < 1.29 is 0 Å². The Bertz CT molecular complexity index is 430. The van der Waals surface area contributed by atoms with Gasteiger partial charge in [0.2, 0.25) is 0 Å². The zero-order valence-corrected chi connectivity index (χ0v) is 14.4. The largest absolute Gasteiger partial charge is 0.372 e. The summed E-state index contributed by atoms with van der Waals surface area (Å²) >= 11 is 0. The van der Waals surface area contributed by atoms with Crippen LogP contribution in [0.25, 0.3) is 0 Å². The fourth-order valence-electron chi connectivity index (χ4n) is 3.36. The van der Waals surface area contributed by atoms with Crippen LogP contribution in [0.2, 0.25) is 0 Å². The third kappa shape index (κ3) is 4.23. The molecule has 0 aliphatic carbocycles. The van der Waals surface area contributed by atoms with E-state index in [1.807, 2.05) is 7.05 Å². The summed E-state index contributed by atoms with van der Waals surface area (Å²) in [6, 6.07) is 9.54. The topological polar surface area (TPSA) is 15.3 Å². The van der Waals surface area contributed by atoms with Gasteiger partial charge in [-0.3, -0.25) is 0 Å². The van der Waals surface area contributed by atoms with Gasteiger partial charge in [-0.1, -0.05) is 32.9 Å². The first kappa shape index (κ1) is 16.4. The van der Waals surface area contributed by atoms with Crippen molar-refractivity contribution in [1.29, 1.82) is 0 Å². The number of nitrogens with one attached hydrogen (secondary N) is 1. The second-order valence-electron chi connectivity index (χ2n) is 7.58. The van der Waals surface area contributed by atoms with Crippen molar-refractivity contribution in [3.8, 4) is 0 Å². The fourth-order valence-corrected chi connectivity index (χ4v) is 3.36. The molecular weight excluding hydrogens is 256 g/mol. The summed E-state index contributed by atoms with van der Waals surface area (Å²) in [7, 11) is 2.01. The summed E-state index contributed by atoms with van der Waals surface area (Å²) in [5, 5.41) is 3.30. The number of nitrogens with zero attached hydrogens (tertiary/aromatic N) is 1. The van der Waals surface area contributed by atoms with Gasteiger partial charge in [0.1, 0.15) is 0 Å². The van der Waals surface area contributed by atoms with Gasteiger partial charge < -0.3 is 10.2 Å². The summed E-state index contributed by atoms with van der Waals surface area (Å²) in [6.45, 7) is 11.8. The lowest BCUT2D eigenvalue weighted by Crippen LogP contribution is -2.26. The summed E-state index contributed by atoms with van der Waals surface area (Å²) in [5.74, 6) is 0.853. The molecule has 21 heavy (non-hydrogen) atoms. The molecule has 0 spiro atoms. The molecule has 2 unspecified atom stereocenters. The lowest BCUT2D eigenvalue weighted by molar-refractivity contribution is 0.220. The lowest BCUT2D eigenvalue weighted by Gasteiger charge is -2.30. The fraction of sp³-hybridized carbons (Fsp3) is 0.684. The maximum atomic E-state index is 3.30. The Morgan fingerprint density at radius 2 is 1.76 bits per heavy atom. The van der Waals surface area contributed by atoms with Crippen LogP contribution in [0.3, 0.4) is 0 Å². The van der Waals surface area contributed by atoms with Crippen molar-refractivity contribution in [1.82, 2.24) is 5.32 Å². The molecule has 1 N–H and O–H groups in total. The van der Waals surface area contributed by atoms with E-state index in [2.05, 4.69) is 62.2 Å². The molecule has 2 nitrogen and oxygen atoms in total. The molecular formula is C19H32N2. The maximum Gasteiger partial charge on any atom is 0.0366 e. The Hall–Kier alpha value is -1.02. The molecule has 2 rings (SSSR count). The van der Waals surface area contributed by atoms with Gasteiger partial charge in [-0.15, -0.1) is 0 Å². The lowest BCUT2D eigenvalue weighted by atomic mass is 9.77. The Balaban J connectivity index is 2.02. The van der Waals surface area contributed by atoms with Gasteiger partial charge in [-0.25, -0.2) is 0 Å². The van der Waals surface area contributed by atoms with Gasteiger partial charge in [-0.05, 0) is 62.3 Å². The zero-order chi connectivity index (χ0) is 15.5. The highest BCUT2D eigenvalue weighted by Crippen LogP contribution is 2.35. The van der Waals surface area contributed by atoms with E-state index in [0.717, 1.165) is 5.92 Å². The Morgan fingerprint density at radius 3 is 2.33 bits per heavy atom. The van der Waals surface area contributed by atoms with E-state index >= 15 is 0 Å². The van der Waals surface area contributed by atoms with Crippen LogP contribution in [0, 0.1) is 11.3 Å². The monoisotopic (exact) mass is 288 g/mol. The van der Waals surface area contributed by atoms with E-state index in [4.69, 9.17) is 0 Å². The number of hydrogen-bond acceptors (Lipinski definition) is 2. The van der Waals surface area contributed by atoms with Crippen LogP contribution in [0.15, 0.2) is 24.3 Å². The summed E-state index contributed by atoms with van der Waals surface area (Å²) < 4.78 is 0. The molecule has 0 aromatic heterocycles. The second kappa shape index (κ2) is 6.83. The molecule has 118 valence electrons. The minimum atomic E-state index is 0.424. The molecule has 0 saturated carbocycles. The van der Waals surface area contributed by atoms with Crippen molar-refractivity contribution in [2.45, 2.75) is 53.0 Å². The van der Waals surface area contributed by atoms with Gasteiger partial charge in [-0.2, -0.15) is 0 Å². The summed E-state index contributed by atoms with van der Waals surface area (Å²) in [6.07, 6.45) is 4.00. The summed E-state index contributed by atoms with van der Waals surface area (Å²) in [5.41, 5.74) is 3.20. The first-order valence-corrected chi connectivity index (χ1v) is 8.44. The first-order chi connectivity index (χ1) is 9.91. The second-order valence-corrected chi connectivity index (χ2v) is 7.58. The smallest absolute Gasteiger partial charge is 0.0366 e. The van der Waals surface area contributed by atoms with Gasteiger partial charge in [0.15, 0.2) is 0 Å². The van der Waals surface area contributed by atoms with Crippen LogP contribution in [-0.4, -0.2) is 20.1 Å². The molecule has 1 aliphatic heterocycles. The zero-order valence-electron chi connectivity index (χ0n) is 14.4. The maximum absolute atomic E-state index is 3.30.